The fourth-order valence-electron chi connectivity index (χ4n) is 2.92. The Morgan fingerprint density at radius 2 is 1.91 bits per heavy atom. The number of nitrogens with one attached hydrogen (secondary N) is 1. The summed E-state index contributed by atoms with van der Waals surface area (Å²) in [5.74, 6) is 0.329. The van der Waals surface area contributed by atoms with Gasteiger partial charge in [0, 0.05) is 19.1 Å². The molecule has 4 nitrogen and oxygen atoms in total. The lowest BCUT2D eigenvalue weighted by Gasteiger charge is -2.31. The predicted molar refractivity (Wildman–Crippen MR) is 84.3 cm³/mol. The highest BCUT2D eigenvalue weighted by molar-refractivity contribution is 7.88. The molecule has 1 aliphatic heterocycles. The van der Waals surface area contributed by atoms with Crippen LogP contribution in [0.15, 0.2) is 24.3 Å². The first-order valence-electron chi connectivity index (χ1n) is 7.98. The lowest BCUT2D eigenvalue weighted by atomic mass is 10.1. The van der Waals surface area contributed by atoms with E-state index in [1.54, 1.807) is 16.4 Å². The minimum atomic E-state index is -3.36. The molecule has 0 amide bonds. The molecule has 0 spiro atoms. The van der Waals surface area contributed by atoms with Gasteiger partial charge in [-0.3, -0.25) is 0 Å². The molecule has 1 aromatic rings. The molecule has 0 aromatic heterocycles. The van der Waals surface area contributed by atoms with E-state index in [0.717, 1.165) is 25.3 Å². The Kier molecular flexibility index (Phi) is 4.80. The van der Waals surface area contributed by atoms with Crippen LogP contribution < -0.4 is 5.32 Å². The van der Waals surface area contributed by atoms with Gasteiger partial charge < -0.3 is 5.32 Å². The zero-order valence-corrected chi connectivity index (χ0v) is 13.5. The van der Waals surface area contributed by atoms with Gasteiger partial charge in [-0.1, -0.05) is 12.1 Å². The second-order valence-corrected chi connectivity index (χ2v) is 8.38. The molecule has 3 rings (SSSR count). The number of hydrogen-bond acceptors (Lipinski definition) is 3. The molecular formula is C16H23FN2O2S. The molecule has 0 atom stereocenters. The first-order valence-corrected chi connectivity index (χ1v) is 9.59. The fourth-order valence-corrected chi connectivity index (χ4v) is 4.47. The summed E-state index contributed by atoms with van der Waals surface area (Å²) in [6.45, 7) is 2.18. The lowest BCUT2D eigenvalue weighted by Crippen LogP contribution is -2.45. The van der Waals surface area contributed by atoms with Crippen molar-refractivity contribution in [1.82, 2.24) is 9.62 Å². The van der Waals surface area contributed by atoms with Gasteiger partial charge >= 0.3 is 0 Å². The van der Waals surface area contributed by atoms with E-state index in [-0.39, 0.29) is 5.75 Å². The Balaban J connectivity index is 1.52. The highest BCUT2D eigenvalue weighted by Gasteiger charge is 2.29. The van der Waals surface area contributed by atoms with Crippen LogP contribution in [0.2, 0.25) is 0 Å². The molecule has 0 unspecified atom stereocenters. The zero-order chi connectivity index (χ0) is 15.6. The van der Waals surface area contributed by atoms with Gasteiger partial charge in [0.1, 0.15) is 5.82 Å². The summed E-state index contributed by atoms with van der Waals surface area (Å²) < 4.78 is 39.6. The summed E-state index contributed by atoms with van der Waals surface area (Å²) >= 11 is 0. The third-order valence-electron chi connectivity index (χ3n) is 4.48. The Morgan fingerprint density at radius 1 is 1.18 bits per heavy atom. The second-order valence-electron chi connectivity index (χ2n) is 6.41. The highest BCUT2D eigenvalue weighted by atomic mass is 32.2. The standard InChI is InChI=1S/C16H23FN2O2S/c17-15-3-1-2-14(10-15)12-22(20,21)19-8-6-16(7-9-19)18-11-13-4-5-13/h1-3,10,13,16,18H,4-9,11-12H2. The molecule has 1 saturated heterocycles. The van der Waals surface area contributed by atoms with Crippen molar-refractivity contribution in [3.63, 3.8) is 0 Å². The van der Waals surface area contributed by atoms with E-state index in [2.05, 4.69) is 5.32 Å². The van der Waals surface area contributed by atoms with Crippen molar-refractivity contribution in [3.05, 3.63) is 35.6 Å². The van der Waals surface area contributed by atoms with Crippen LogP contribution >= 0.6 is 0 Å². The maximum Gasteiger partial charge on any atom is 0.218 e. The average molecular weight is 326 g/mol. The molecule has 1 heterocycles. The molecule has 1 aromatic carbocycles. The Labute approximate surface area is 131 Å². The van der Waals surface area contributed by atoms with Crippen molar-refractivity contribution in [1.29, 1.82) is 0 Å². The monoisotopic (exact) mass is 326 g/mol. The van der Waals surface area contributed by atoms with E-state index in [1.807, 2.05) is 0 Å². The number of hydrogen-bond donors (Lipinski definition) is 1. The van der Waals surface area contributed by atoms with Gasteiger partial charge in [-0.15, -0.1) is 0 Å². The minimum absolute atomic E-state index is 0.120. The molecular weight excluding hydrogens is 303 g/mol. The summed E-state index contributed by atoms with van der Waals surface area (Å²) in [6.07, 6.45) is 4.37. The second kappa shape index (κ2) is 6.64. The molecule has 1 aliphatic carbocycles. The highest BCUT2D eigenvalue weighted by Crippen LogP contribution is 2.28. The average Bonchev–Trinajstić information content (AvgIpc) is 3.29. The first kappa shape index (κ1) is 15.9. The van der Waals surface area contributed by atoms with E-state index in [9.17, 15) is 12.8 Å². The third kappa shape index (κ3) is 4.27. The molecule has 2 aliphatic rings. The van der Waals surface area contributed by atoms with Crippen molar-refractivity contribution >= 4 is 10.0 Å². The van der Waals surface area contributed by atoms with E-state index in [0.29, 0.717) is 24.7 Å². The smallest absolute Gasteiger partial charge is 0.218 e. The number of sulfonamides is 1. The van der Waals surface area contributed by atoms with Gasteiger partial charge in [0.05, 0.1) is 5.75 Å². The van der Waals surface area contributed by atoms with Crippen LogP contribution in [-0.2, 0) is 15.8 Å². The summed E-state index contributed by atoms with van der Waals surface area (Å²) in [7, 11) is -3.36. The van der Waals surface area contributed by atoms with Crippen LogP contribution in [0.25, 0.3) is 0 Å². The maximum absolute atomic E-state index is 13.2. The van der Waals surface area contributed by atoms with Crippen LogP contribution in [0.5, 0.6) is 0 Å². The van der Waals surface area contributed by atoms with Crippen LogP contribution in [0.1, 0.15) is 31.2 Å². The number of rotatable bonds is 6. The quantitative estimate of drug-likeness (QED) is 0.871. The molecule has 0 radical (unpaired) electrons. The topological polar surface area (TPSA) is 49.4 Å². The molecule has 6 heteroatoms. The SMILES string of the molecule is O=S(=O)(Cc1cccc(F)c1)N1CCC(NCC2CC2)CC1. The van der Waals surface area contributed by atoms with Gasteiger partial charge in [0.15, 0.2) is 0 Å². The van der Waals surface area contributed by atoms with Crippen LogP contribution in [0, 0.1) is 11.7 Å². The number of piperidine rings is 1. The Morgan fingerprint density at radius 3 is 2.55 bits per heavy atom. The zero-order valence-electron chi connectivity index (χ0n) is 12.7. The number of halogens is 1. The van der Waals surface area contributed by atoms with Crippen molar-refractivity contribution in [3.8, 4) is 0 Å². The lowest BCUT2D eigenvalue weighted by molar-refractivity contribution is 0.287. The van der Waals surface area contributed by atoms with Crippen LogP contribution in [-0.4, -0.2) is 38.4 Å². The van der Waals surface area contributed by atoms with Gasteiger partial charge in [-0.05, 0) is 55.8 Å². The predicted octanol–water partition coefficient (Wildman–Crippen LogP) is 2.12. The summed E-state index contributed by atoms with van der Waals surface area (Å²) in [5, 5.41) is 3.54. The van der Waals surface area contributed by atoms with Crippen molar-refractivity contribution in [2.45, 2.75) is 37.5 Å². The van der Waals surface area contributed by atoms with Crippen molar-refractivity contribution < 1.29 is 12.8 Å². The van der Waals surface area contributed by atoms with E-state index in [4.69, 9.17) is 0 Å². The summed E-state index contributed by atoms with van der Waals surface area (Å²) in [6, 6.07) is 6.26. The molecule has 2 fully saturated rings. The number of nitrogens with zero attached hydrogens (tertiary/aromatic N) is 1. The molecule has 22 heavy (non-hydrogen) atoms. The van der Waals surface area contributed by atoms with Crippen molar-refractivity contribution in [2.75, 3.05) is 19.6 Å². The van der Waals surface area contributed by atoms with E-state index in [1.165, 1.54) is 25.0 Å². The maximum atomic E-state index is 13.2. The largest absolute Gasteiger partial charge is 0.314 e. The van der Waals surface area contributed by atoms with Crippen LogP contribution in [0.3, 0.4) is 0 Å². The van der Waals surface area contributed by atoms with Gasteiger partial charge in [0.25, 0.3) is 0 Å². The molecule has 1 saturated carbocycles. The van der Waals surface area contributed by atoms with Crippen molar-refractivity contribution in [2.24, 2.45) is 5.92 Å². The Hall–Kier alpha value is -0.980. The molecule has 0 bridgehead atoms. The van der Waals surface area contributed by atoms with Gasteiger partial charge in [0.2, 0.25) is 10.0 Å². The fraction of sp³-hybridized carbons (Fsp3) is 0.625. The summed E-state index contributed by atoms with van der Waals surface area (Å²) in [4.78, 5) is 0. The normalized spacial score (nSPS) is 21.1. The molecule has 122 valence electrons. The van der Waals surface area contributed by atoms with E-state index >= 15 is 0 Å². The minimum Gasteiger partial charge on any atom is -0.314 e. The third-order valence-corrected chi connectivity index (χ3v) is 6.33. The van der Waals surface area contributed by atoms with E-state index < -0.39 is 15.8 Å². The van der Waals surface area contributed by atoms with Gasteiger partial charge in [-0.25, -0.2) is 17.1 Å². The molecule has 1 N–H and O–H groups in total. The summed E-state index contributed by atoms with van der Waals surface area (Å²) in [5.41, 5.74) is 0.508. The van der Waals surface area contributed by atoms with Gasteiger partial charge in [-0.2, -0.15) is 0 Å². The number of benzene rings is 1. The Bertz CT molecular complexity index is 608. The van der Waals surface area contributed by atoms with Crippen LogP contribution in [0.4, 0.5) is 4.39 Å². The first-order chi connectivity index (χ1) is 10.5.